The monoisotopic (exact) mass is 354 g/mol. The molecule has 1 N–H and O–H groups in total. The van der Waals surface area contributed by atoms with Crippen molar-refractivity contribution in [1.82, 2.24) is 0 Å². The highest BCUT2D eigenvalue weighted by atomic mass is 16.5. The molecular weight excluding hydrogens is 332 g/mol. The average molecular weight is 354 g/mol. The van der Waals surface area contributed by atoms with Crippen molar-refractivity contribution in [3.05, 3.63) is 48.0 Å². The fraction of sp³-hybridized carbons (Fsp3) is 0.300. The second-order valence-corrected chi connectivity index (χ2v) is 6.07. The van der Waals surface area contributed by atoms with Gasteiger partial charge in [-0.3, -0.25) is 9.59 Å². The zero-order valence-electron chi connectivity index (χ0n) is 15.0. The van der Waals surface area contributed by atoms with Gasteiger partial charge in [-0.25, -0.2) is 0 Å². The maximum Gasteiger partial charge on any atom is 0.236 e. The van der Waals surface area contributed by atoms with E-state index < -0.39 is 0 Å². The molecule has 2 amide bonds. The number of ether oxygens (including phenoxy) is 2. The summed E-state index contributed by atoms with van der Waals surface area (Å²) in [6, 6.07) is 12.9. The average Bonchev–Trinajstić information content (AvgIpc) is 2.67. The summed E-state index contributed by atoms with van der Waals surface area (Å²) in [5, 5.41) is 2.74. The molecule has 0 aromatic heterocycles. The molecule has 3 rings (SSSR count). The molecule has 0 saturated heterocycles. The van der Waals surface area contributed by atoms with E-state index in [1.54, 1.807) is 30.2 Å². The molecule has 1 aliphatic rings. The second-order valence-electron chi connectivity index (χ2n) is 6.07. The van der Waals surface area contributed by atoms with Crippen molar-refractivity contribution in [2.45, 2.75) is 19.3 Å². The first kappa shape index (κ1) is 17.8. The number of para-hydroxylation sites is 1. The molecular formula is C20H22N2O4. The molecule has 0 fully saturated rings. The van der Waals surface area contributed by atoms with Gasteiger partial charge in [-0.1, -0.05) is 18.2 Å². The zero-order valence-corrected chi connectivity index (χ0v) is 15.0. The number of nitrogens with zero attached hydrogens (tertiary/aromatic N) is 1. The van der Waals surface area contributed by atoms with Crippen LogP contribution in [0.15, 0.2) is 42.5 Å². The van der Waals surface area contributed by atoms with Crippen molar-refractivity contribution in [3.8, 4) is 11.5 Å². The Hall–Kier alpha value is -3.02. The van der Waals surface area contributed by atoms with Gasteiger partial charge in [0.1, 0.15) is 17.9 Å². The van der Waals surface area contributed by atoms with Gasteiger partial charge in [-0.05, 0) is 36.6 Å². The van der Waals surface area contributed by atoms with E-state index in [1.165, 1.54) is 7.11 Å². The van der Waals surface area contributed by atoms with Crippen LogP contribution in [0.2, 0.25) is 0 Å². The van der Waals surface area contributed by atoms with E-state index >= 15 is 0 Å². The van der Waals surface area contributed by atoms with Gasteiger partial charge in [0.05, 0.1) is 19.9 Å². The van der Waals surface area contributed by atoms with Crippen LogP contribution in [0.25, 0.3) is 0 Å². The van der Waals surface area contributed by atoms with Crippen molar-refractivity contribution in [1.29, 1.82) is 0 Å². The first-order chi connectivity index (χ1) is 12.6. The number of hydrogen-bond acceptors (Lipinski definition) is 4. The summed E-state index contributed by atoms with van der Waals surface area (Å²) in [5.74, 6) is 0.526. The summed E-state index contributed by atoms with van der Waals surface area (Å²) >= 11 is 0. The Balaban J connectivity index is 1.68. The summed E-state index contributed by atoms with van der Waals surface area (Å²) in [6.45, 7) is 0.634. The summed E-state index contributed by atoms with van der Waals surface area (Å²) in [4.78, 5) is 26.7. The Morgan fingerprint density at radius 1 is 1.12 bits per heavy atom. The summed E-state index contributed by atoms with van der Waals surface area (Å²) in [7, 11) is 3.07. The van der Waals surface area contributed by atoms with E-state index in [0.717, 1.165) is 24.1 Å². The van der Waals surface area contributed by atoms with Crippen LogP contribution in [0.1, 0.15) is 18.4 Å². The third-order valence-corrected chi connectivity index (χ3v) is 4.41. The third-order valence-electron chi connectivity index (χ3n) is 4.41. The Kier molecular flexibility index (Phi) is 5.41. The fourth-order valence-corrected chi connectivity index (χ4v) is 3.12. The molecule has 0 radical (unpaired) electrons. The number of hydrogen-bond donors (Lipinski definition) is 1. The maximum atomic E-state index is 12.6. The van der Waals surface area contributed by atoms with E-state index in [4.69, 9.17) is 9.47 Å². The number of carbonyl (C=O) groups is 2. The van der Waals surface area contributed by atoms with Crippen LogP contribution in [-0.4, -0.2) is 32.6 Å². The van der Waals surface area contributed by atoms with Gasteiger partial charge in [0.2, 0.25) is 11.8 Å². The minimum absolute atomic E-state index is 0.206. The Labute approximate surface area is 152 Å². The summed E-state index contributed by atoms with van der Waals surface area (Å²) in [6.07, 6.45) is 1.63. The number of methoxy groups -OCH3 is 2. The molecule has 0 unspecified atom stereocenters. The van der Waals surface area contributed by atoms with Crippen LogP contribution in [0.5, 0.6) is 11.5 Å². The van der Waals surface area contributed by atoms with E-state index in [-0.39, 0.29) is 18.2 Å². The van der Waals surface area contributed by atoms with Crippen LogP contribution in [-0.2, 0) is 16.0 Å². The maximum absolute atomic E-state index is 12.6. The SMILES string of the molecule is COc1ccc(NC(=O)CC(=O)N2CCCc3ccccc32)c(OC)c1. The van der Waals surface area contributed by atoms with Crippen molar-refractivity contribution in [3.63, 3.8) is 0 Å². The molecule has 2 aromatic carbocycles. The first-order valence-electron chi connectivity index (χ1n) is 8.52. The van der Waals surface area contributed by atoms with Gasteiger partial charge in [0.15, 0.2) is 0 Å². The van der Waals surface area contributed by atoms with E-state index in [1.807, 2.05) is 24.3 Å². The van der Waals surface area contributed by atoms with Gasteiger partial charge >= 0.3 is 0 Å². The molecule has 0 bridgehead atoms. The molecule has 26 heavy (non-hydrogen) atoms. The van der Waals surface area contributed by atoms with Crippen LogP contribution in [0.4, 0.5) is 11.4 Å². The molecule has 2 aromatic rings. The Morgan fingerprint density at radius 2 is 1.92 bits per heavy atom. The predicted octanol–water partition coefficient (Wildman–Crippen LogP) is 3.01. The molecule has 6 heteroatoms. The number of nitrogens with one attached hydrogen (secondary N) is 1. The van der Waals surface area contributed by atoms with Crippen molar-refractivity contribution >= 4 is 23.2 Å². The second kappa shape index (κ2) is 7.91. The standard InChI is InChI=1S/C20H22N2O4/c1-25-15-9-10-16(18(12-15)26-2)21-19(23)13-20(24)22-11-5-7-14-6-3-4-8-17(14)22/h3-4,6,8-10,12H,5,7,11,13H2,1-2H3,(H,21,23). The minimum atomic E-state index is -0.374. The van der Waals surface area contributed by atoms with Crippen LogP contribution in [0, 0.1) is 0 Å². The number of carbonyl (C=O) groups excluding carboxylic acids is 2. The van der Waals surface area contributed by atoms with Crippen molar-refractivity contribution in [2.24, 2.45) is 0 Å². The molecule has 1 aliphatic heterocycles. The number of aryl methyl sites for hydroxylation is 1. The zero-order chi connectivity index (χ0) is 18.5. The van der Waals surface area contributed by atoms with Gasteiger partial charge in [-0.2, -0.15) is 0 Å². The minimum Gasteiger partial charge on any atom is -0.497 e. The molecule has 6 nitrogen and oxygen atoms in total. The van der Waals surface area contributed by atoms with E-state index in [0.29, 0.717) is 23.7 Å². The number of anilines is 2. The molecule has 136 valence electrons. The normalized spacial score (nSPS) is 12.9. The smallest absolute Gasteiger partial charge is 0.236 e. The van der Waals surface area contributed by atoms with E-state index in [2.05, 4.69) is 5.32 Å². The van der Waals surface area contributed by atoms with Crippen LogP contribution < -0.4 is 19.7 Å². The highest BCUT2D eigenvalue weighted by molar-refractivity contribution is 6.09. The van der Waals surface area contributed by atoms with Gasteiger partial charge in [0.25, 0.3) is 0 Å². The number of benzene rings is 2. The summed E-state index contributed by atoms with van der Waals surface area (Å²) in [5.41, 5.74) is 2.55. The lowest BCUT2D eigenvalue weighted by Crippen LogP contribution is -2.37. The third kappa shape index (κ3) is 3.79. The molecule has 0 atom stereocenters. The van der Waals surface area contributed by atoms with Crippen LogP contribution >= 0.6 is 0 Å². The molecule has 1 heterocycles. The Bertz CT molecular complexity index is 819. The first-order valence-corrected chi connectivity index (χ1v) is 8.52. The van der Waals surface area contributed by atoms with Crippen molar-refractivity contribution in [2.75, 3.05) is 31.0 Å². The summed E-state index contributed by atoms with van der Waals surface area (Å²) < 4.78 is 10.4. The van der Waals surface area contributed by atoms with Crippen LogP contribution in [0.3, 0.4) is 0 Å². The predicted molar refractivity (Wildman–Crippen MR) is 99.9 cm³/mol. The lowest BCUT2D eigenvalue weighted by atomic mass is 10.0. The number of amides is 2. The Morgan fingerprint density at radius 3 is 2.69 bits per heavy atom. The molecule has 0 aliphatic carbocycles. The van der Waals surface area contributed by atoms with Gasteiger partial charge < -0.3 is 19.7 Å². The number of fused-ring (bicyclic) bond motifs is 1. The molecule has 0 saturated carbocycles. The highest BCUT2D eigenvalue weighted by Crippen LogP contribution is 2.30. The molecule has 0 spiro atoms. The quantitative estimate of drug-likeness (QED) is 0.838. The lowest BCUT2D eigenvalue weighted by Gasteiger charge is -2.29. The fourth-order valence-electron chi connectivity index (χ4n) is 3.12. The lowest BCUT2D eigenvalue weighted by molar-refractivity contribution is -0.125. The van der Waals surface area contributed by atoms with Gasteiger partial charge in [-0.15, -0.1) is 0 Å². The highest BCUT2D eigenvalue weighted by Gasteiger charge is 2.24. The van der Waals surface area contributed by atoms with Gasteiger partial charge in [0, 0.05) is 18.3 Å². The topological polar surface area (TPSA) is 67.9 Å². The largest absolute Gasteiger partial charge is 0.497 e. The van der Waals surface area contributed by atoms with E-state index in [9.17, 15) is 9.59 Å². The number of rotatable bonds is 5. The van der Waals surface area contributed by atoms with Crippen molar-refractivity contribution < 1.29 is 19.1 Å².